The van der Waals surface area contributed by atoms with Crippen molar-refractivity contribution in [3.8, 4) is 0 Å². The first-order valence-electron chi connectivity index (χ1n) is 5.73. The molecule has 2 rings (SSSR count). The lowest BCUT2D eigenvalue weighted by atomic mass is 10.2. The number of amides is 1. The molecule has 1 aliphatic heterocycles. The zero-order valence-corrected chi connectivity index (χ0v) is 10.6. The number of halogens is 1. The summed E-state index contributed by atoms with van der Waals surface area (Å²) in [6.07, 6.45) is 1.69. The largest absolute Gasteiger partial charge is 0.370 e. The summed E-state index contributed by atoms with van der Waals surface area (Å²) < 4.78 is 0. The summed E-state index contributed by atoms with van der Waals surface area (Å²) in [5.74, 6) is -0.495. The van der Waals surface area contributed by atoms with E-state index in [9.17, 15) is 4.79 Å². The van der Waals surface area contributed by atoms with E-state index in [1.54, 1.807) is 6.07 Å². The Kier molecular flexibility index (Phi) is 3.72. The number of aliphatic imine (C=N–C) groups is 1. The topological polar surface area (TPSA) is 84.7 Å². The third-order valence-corrected chi connectivity index (χ3v) is 3.15. The second-order valence-corrected chi connectivity index (χ2v) is 4.64. The van der Waals surface area contributed by atoms with E-state index in [4.69, 9.17) is 23.1 Å². The van der Waals surface area contributed by atoms with Gasteiger partial charge in [0.05, 0.1) is 0 Å². The molecule has 0 aliphatic carbocycles. The van der Waals surface area contributed by atoms with E-state index in [0.29, 0.717) is 5.02 Å². The van der Waals surface area contributed by atoms with E-state index in [1.807, 2.05) is 23.1 Å². The predicted molar refractivity (Wildman–Crippen MR) is 72.6 cm³/mol. The molecular weight excluding hydrogens is 252 g/mol. The van der Waals surface area contributed by atoms with Gasteiger partial charge < -0.3 is 16.4 Å². The lowest BCUT2D eigenvalue weighted by molar-refractivity contribution is -0.118. The average Bonchev–Trinajstić information content (AvgIpc) is 2.76. The fourth-order valence-electron chi connectivity index (χ4n) is 2.19. The number of benzene rings is 1. The summed E-state index contributed by atoms with van der Waals surface area (Å²) in [6.45, 7) is 0.802. The van der Waals surface area contributed by atoms with Gasteiger partial charge in [0.2, 0.25) is 0 Å². The molecule has 0 saturated carbocycles. The first-order valence-corrected chi connectivity index (χ1v) is 6.11. The molecule has 1 aromatic carbocycles. The smallest absolute Gasteiger partial charge is 0.271 e. The van der Waals surface area contributed by atoms with Crippen LogP contribution in [0.5, 0.6) is 0 Å². The molecule has 1 atom stereocenters. The van der Waals surface area contributed by atoms with Crippen LogP contribution in [0.15, 0.2) is 29.3 Å². The second-order valence-electron chi connectivity index (χ2n) is 4.21. The number of rotatable bonds is 2. The van der Waals surface area contributed by atoms with E-state index in [-0.39, 0.29) is 17.9 Å². The van der Waals surface area contributed by atoms with Crippen LogP contribution in [0.1, 0.15) is 12.8 Å². The first-order chi connectivity index (χ1) is 8.58. The SMILES string of the molecule is NC(N)=NC(=O)C1CCCN1c1cccc(Cl)c1. The zero-order chi connectivity index (χ0) is 13.1. The van der Waals surface area contributed by atoms with Crippen LogP contribution in [0.3, 0.4) is 0 Å². The van der Waals surface area contributed by atoms with Gasteiger partial charge in [-0.1, -0.05) is 17.7 Å². The minimum absolute atomic E-state index is 0.196. The Morgan fingerprint density at radius 2 is 2.22 bits per heavy atom. The molecule has 4 N–H and O–H groups in total. The quantitative estimate of drug-likeness (QED) is 0.620. The Morgan fingerprint density at radius 3 is 2.89 bits per heavy atom. The molecule has 0 aromatic heterocycles. The van der Waals surface area contributed by atoms with Gasteiger partial charge in [0, 0.05) is 17.3 Å². The fraction of sp³-hybridized carbons (Fsp3) is 0.333. The summed E-state index contributed by atoms with van der Waals surface area (Å²) in [4.78, 5) is 17.5. The lowest BCUT2D eigenvalue weighted by Gasteiger charge is -2.24. The number of nitrogens with two attached hydrogens (primary N) is 2. The molecule has 1 aliphatic rings. The number of nitrogens with zero attached hydrogens (tertiary/aromatic N) is 2. The highest BCUT2D eigenvalue weighted by atomic mass is 35.5. The minimum Gasteiger partial charge on any atom is -0.370 e. The van der Waals surface area contributed by atoms with Crippen molar-refractivity contribution in [2.45, 2.75) is 18.9 Å². The first kappa shape index (κ1) is 12.7. The average molecular weight is 267 g/mol. The number of hydrogen-bond donors (Lipinski definition) is 2. The van der Waals surface area contributed by atoms with Gasteiger partial charge in [0.1, 0.15) is 6.04 Å². The molecular formula is C12H15ClN4O. The van der Waals surface area contributed by atoms with Gasteiger partial charge in [-0.15, -0.1) is 0 Å². The highest BCUT2D eigenvalue weighted by molar-refractivity contribution is 6.30. The van der Waals surface area contributed by atoms with Crippen molar-refractivity contribution in [1.29, 1.82) is 0 Å². The third-order valence-electron chi connectivity index (χ3n) is 2.92. The summed E-state index contributed by atoms with van der Waals surface area (Å²) in [6, 6.07) is 7.12. The van der Waals surface area contributed by atoms with Crippen LogP contribution in [0.2, 0.25) is 5.02 Å². The Morgan fingerprint density at radius 1 is 1.44 bits per heavy atom. The van der Waals surface area contributed by atoms with Crippen LogP contribution in [0.25, 0.3) is 0 Å². The number of carbonyl (C=O) groups excluding carboxylic acids is 1. The molecule has 6 heteroatoms. The normalized spacial score (nSPS) is 18.7. The van der Waals surface area contributed by atoms with Crippen LogP contribution >= 0.6 is 11.6 Å². The van der Waals surface area contributed by atoms with Crippen LogP contribution in [-0.2, 0) is 4.79 Å². The molecule has 96 valence electrons. The highest BCUT2D eigenvalue weighted by Crippen LogP contribution is 2.28. The molecule has 1 fully saturated rings. The van der Waals surface area contributed by atoms with Gasteiger partial charge in [-0.05, 0) is 31.0 Å². The standard InChI is InChI=1S/C12H15ClN4O/c13-8-3-1-4-9(7-8)17-6-2-5-10(17)11(18)16-12(14)15/h1,3-4,7,10H,2,5-6H2,(H4,14,15,16,18). The van der Waals surface area contributed by atoms with Gasteiger partial charge in [-0.25, -0.2) is 0 Å². The van der Waals surface area contributed by atoms with Crippen molar-refractivity contribution in [2.24, 2.45) is 16.5 Å². The zero-order valence-electron chi connectivity index (χ0n) is 9.84. The van der Waals surface area contributed by atoms with E-state index in [1.165, 1.54) is 0 Å². The molecule has 0 bridgehead atoms. The summed E-state index contributed by atoms with van der Waals surface area (Å²) in [5.41, 5.74) is 11.4. The molecule has 0 radical (unpaired) electrons. The van der Waals surface area contributed by atoms with E-state index >= 15 is 0 Å². The predicted octanol–water partition coefficient (Wildman–Crippen LogP) is 1.11. The van der Waals surface area contributed by atoms with E-state index < -0.39 is 0 Å². The van der Waals surface area contributed by atoms with Crippen molar-refractivity contribution in [3.05, 3.63) is 29.3 Å². The van der Waals surface area contributed by atoms with Crippen molar-refractivity contribution in [2.75, 3.05) is 11.4 Å². The van der Waals surface area contributed by atoms with Gasteiger partial charge in [-0.3, -0.25) is 4.79 Å². The number of guanidine groups is 1. The highest BCUT2D eigenvalue weighted by Gasteiger charge is 2.30. The third kappa shape index (κ3) is 2.73. The Balaban J connectivity index is 2.22. The summed E-state index contributed by atoms with van der Waals surface area (Å²) >= 11 is 5.96. The van der Waals surface area contributed by atoms with Crippen LogP contribution in [0.4, 0.5) is 5.69 Å². The molecule has 5 nitrogen and oxygen atoms in total. The van der Waals surface area contributed by atoms with Gasteiger partial charge in [0.25, 0.3) is 5.91 Å². The van der Waals surface area contributed by atoms with Gasteiger partial charge in [0.15, 0.2) is 5.96 Å². The van der Waals surface area contributed by atoms with Gasteiger partial charge >= 0.3 is 0 Å². The minimum atomic E-state index is -0.300. The maximum atomic E-state index is 11.9. The van der Waals surface area contributed by atoms with Crippen LogP contribution < -0.4 is 16.4 Å². The molecule has 1 heterocycles. The van der Waals surface area contributed by atoms with Crippen LogP contribution in [0, 0.1) is 0 Å². The number of anilines is 1. The number of carbonyl (C=O) groups is 1. The second kappa shape index (κ2) is 5.27. The van der Waals surface area contributed by atoms with Crippen molar-refractivity contribution < 1.29 is 4.79 Å². The Labute approximate surface area is 110 Å². The van der Waals surface area contributed by atoms with Crippen LogP contribution in [-0.4, -0.2) is 24.5 Å². The van der Waals surface area contributed by atoms with Crippen molar-refractivity contribution >= 4 is 29.2 Å². The Hall–Kier alpha value is -1.75. The van der Waals surface area contributed by atoms with Crippen molar-refractivity contribution in [1.82, 2.24) is 0 Å². The Bertz CT molecular complexity index is 485. The summed E-state index contributed by atoms with van der Waals surface area (Å²) in [7, 11) is 0. The molecule has 1 aromatic rings. The van der Waals surface area contributed by atoms with Gasteiger partial charge in [-0.2, -0.15) is 4.99 Å². The molecule has 1 amide bonds. The number of hydrogen-bond acceptors (Lipinski definition) is 2. The maximum Gasteiger partial charge on any atom is 0.271 e. The molecule has 1 saturated heterocycles. The molecule has 18 heavy (non-hydrogen) atoms. The fourth-order valence-corrected chi connectivity index (χ4v) is 2.37. The monoisotopic (exact) mass is 266 g/mol. The van der Waals surface area contributed by atoms with E-state index in [0.717, 1.165) is 25.1 Å². The van der Waals surface area contributed by atoms with E-state index in [2.05, 4.69) is 4.99 Å². The maximum absolute atomic E-state index is 11.9. The molecule has 1 unspecified atom stereocenters. The summed E-state index contributed by atoms with van der Waals surface area (Å²) in [5, 5.41) is 0.646. The van der Waals surface area contributed by atoms with Crippen molar-refractivity contribution in [3.63, 3.8) is 0 Å². The lowest BCUT2D eigenvalue weighted by Crippen LogP contribution is -2.37. The molecule has 0 spiro atoms.